The Labute approximate surface area is 119 Å². The predicted octanol–water partition coefficient (Wildman–Crippen LogP) is 3.42. The zero-order valence-corrected chi connectivity index (χ0v) is 11.4. The van der Waals surface area contributed by atoms with E-state index in [0.29, 0.717) is 10.6 Å². The zero-order valence-electron chi connectivity index (χ0n) is 10.6. The summed E-state index contributed by atoms with van der Waals surface area (Å²) in [4.78, 5) is 24.0. The van der Waals surface area contributed by atoms with Crippen LogP contribution < -0.4 is 5.32 Å². The molecule has 1 heterocycles. The van der Waals surface area contributed by atoms with Gasteiger partial charge in [-0.2, -0.15) is 0 Å². The lowest BCUT2D eigenvalue weighted by molar-refractivity contribution is -0.112. The molecular formula is C15H10FNO2S. The molecule has 2 aromatic carbocycles. The van der Waals surface area contributed by atoms with Crippen LogP contribution >= 0.6 is 11.8 Å². The van der Waals surface area contributed by atoms with Gasteiger partial charge in [0.1, 0.15) is 5.82 Å². The average molecular weight is 287 g/mol. The van der Waals surface area contributed by atoms with Gasteiger partial charge in [0.2, 0.25) is 0 Å². The van der Waals surface area contributed by atoms with E-state index in [1.54, 1.807) is 0 Å². The van der Waals surface area contributed by atoms with Crippen molar-refractivity contribution in [2.75, 3.05) is 5.32 Å². The molecule has 0 aromatic heterocycles. The zero-order chi connectivity index (χ0) is 14.3. The second-order valence-electron chi connectivity index (χ2n) is 4.53. The van der Waals surface area contributed by atoms with Gasteiger partial charge in [-0.05, 0) is 31.2 Å². The molecule has 3 rings (SSSR count). The van der Waals surface area contributed by atoms with Crippen molar-refractivity contribution in [1.82, 2.24) is 0 Å². The Bertz CT molecular complexity index is 743. The molecule has 0 aliphatic carbocycles. The van der Waals surface area contributed by atoms with E-state index in [0.717, 1.165) is 16.5 Å². The lowest BCUT2D eigenvalue weighted by Crippen LogP contribution is -2.12. The van der Waals surface area contributed by atoms with Crippen LogP contribution in [0.15, 0.2) is 46.2 Å². The topological polar surface area (TPSA) is 46.2 Å². The number of anilines is 1. The summed E-state index contributed by atoms with van der Waals surface area (Å²) in [5.41, 5.74) is 1.55. The molecule has 2 aromatic rings. The molecule has 0 fully saturated rings. The number of ketones is 1. The van der Waals surface area contributed by atoms with E-state index in [1.165, 1.54) is 17.8 Å². The van der Waals surface area contributed by atoms with Gasteiger partial charge in [-0.1, -0.05) is 29.5 Å². The van der Waals surface area contributed by atoms with Crippen LogP contribution in [0.2, 0.25) is 0 Å². The summed E-state index contributed by atoms with van der Waals surface area (Å²) >= 11 is 1.26. The fraction of sp³-hybridized carbons (Fsp3) is 0.0667. The van der Waals surface area contributed by atoms with Crippen LogP contribution in [0.4, 0.5) is 10.1 Å². The minimum absolute atomic E-state index is 0.0982. The van der Waals surface area contributed by atoms with Crippen molar-refractivity contribution in [3.8, 4) is 0 Å². The summed E-state index contributed by atoms with van der Waals surface area (Å²) in [5, 5.41) is 2.44. The van der Waals surface area contributed by atoms with Gasteiger partial charge in [-0.25, -0.2) is 4.39 Å². The lowest BCUT2D eigenvalue weighted by atomic mass is 10.1. The third-order valence-electron chi connectivity index (χ3n) is 2.99. The fourth-order valence-electron chi connectivity index (χ4n) is 2.03. The molecule has 0 spiro atoms. The van der Waals surface area contributed by atoms with Gasteiger partial charge >= 0.3 is 0 Å². The highest BCUT2D eigenvalue weighted by molar-refractivity contribution is 7.99. The number of hydrogen-bond donors (Lipinski definition) is 1. The molecule has 1 aliphatic rings. The molecule has 0 bridgehead atoms. The normalized spacial score (nSPS) is 13.3. The molecule has 0 saturated heterocycles. The number of carbonyl (C=O) groups is 2. The van der Waals surface area contributed by atoms with Crippen LogP contribution in [0.5, 0.6) is 0 Å². The van der Waals surface area contributed by atoms with Crippen LogP contribution in [0.3, 0.4) is 0 Å². The first kappa shape index (κ1) is 12.9. The van der Waals surface area contributed by atoms with Gasteiger partial charge in [-0.15, -0.1) is 0 Å². The number of rotatable bonds is 2. The Kier molecular flexibility index (Phi) is 3.06. The van der Waals surface area contributed by atoms with E-state index < -0.39 is 17.5 Å². The number of fused-ring (bicyclic) bond motifs is 1. The summed E-state index contributed by atoms with van der Waals surface area (Å²) < 4.78 is 14.0. The molecule has 1 aliphatic heterocycles. The molecule has 0 atom stereocenters. The number of amides is 1. The molecule has 0 saturated carbocycles. The third kappa shape index (κ3) is 2.20. The fourth-order valence-corrected chi connectivity index (χ4v) is 3.01. The number of aryl methyl sites for hydroxylation is 1. The summed E-state index contributed by atoms with van der Waals surface area (Å²) in [5.74, 6) is -1.90. The maximum absolute atomic E-state index is 14.0. The number of nitrogens with one attached hydrogen (secondary N) is 1. The van der Waals surface area contributed by atoms with Crippen molar-refractivity contribution in [2.24, 2.45) is 0 Å². The summed E-state index contributed by atoms with van der Waals surface area (Å²) in [7, 11) is 0. The van der Waals surface area contributed by atoms with Crippen LogP contribution in [0.25, 0.3) is 0 Å². The van der Waals surface area contributed by atoms with E-state index in [-0.39, 0.29) is 5.56 Å². The van der Waals surface area contributed by atoms with Crippen LogP contribution in [-0.2, 0) is 4.79 Å². The minimum atomic E-state index is -0.711. The first-order chi connectivity index (χ1) is 9.54. The number of halogens is 1. The number of benzene rings is 2. The van der Waals surface area contributed by atoms with E-state index in [1.807, 2.05) is 31.2 Å². The summed E-state index contributed by atoms with van der Waals surface area (Å²) in [6.07, 6.45) is 0. The average Bonchev–Trinajstić information content (AvgIpc) is 2.66. The first-order valence-corrected chi connectivity index (χ1v) is 6.80. The Hall–Kier alpha value is -2.14. The maximum atomic E-state index is 14.0. The monoisotopic (exact) mass is 287 g/mol. The van der Waals surface area contributed by atoms with E-state index in [2.05, 4.69) is 5.32 Å². The second-order valence-corrected chi connectivity index (χ2v) is 5.65. The van der Waals surface area contributed by atoms with Gasteiger partial charge in [0.15, 0.2) is 0 Å². The number of carbonyl (C=O) groups excluding carboxylic acids is 2. The van der Waals surface area contributed by atoms with E-state index >= 15 is 0 Å². The molecule has 3 nitrogen and oxygen atoms in total. The standard InChI is InChI=1S/C15H10FNO2S/c1-8-3-2-4-9(5-8)20-13-7-12-10(6-11(13)16)14(18)15(19)17-12/h2-7H,1H3,(H,17,18,19). The van der Waals surface area contributed by atoms with Gasteiger partial charge < -0.3 is 5.32 Å². The van der Waals surface area contributed by atoms with Gasteiger partial charge in [0, 0.05) is 4.90 Å². The molecule has 1 amide bonds. The Morgan fingerprint density at radius 2 is 1.95 bits per heavy atom. The quantitative estimate of drug-likeness (QED) is 0.861. The van der Waals surface area contributed by atoms with Gasteiger partial charge in [0.05, 0.1) is 16.1 Å². The van der Waals surface area contributed by atoms with E-state index in [4.69, 9.17) is 0 Å². The summed E-state index contributed by atoms with van der Waals surface area (Å²) in [6, 6.07) is 10.3. The molecular weight excluding hydrogens is 277 g/mol. The predicted molar refractivity (Wildman–Crippen MR) is 74.7 cm³/mol. The molecule has 1 N–H and O–H groups in total. The molecule has 0 unspecified atom stereocenters. The smallest absolute Gasteiger partial charge is 0.296 e. The van der Waals surface area contributed by atoms with E-state index in [9.17, 15) is 14.0 Å². The molecule has 20 heavy (non-hydrogen) atoms. The highest BCUT2D eigenvalue weighted by atomic mass is 32.2. The number of Topliss-reactive ketones (excluding diaryl/α,β-unsaturated/α-hetero) is 1. The van der Waals surface area contributed by atoms with Crippen LogP contribution in [0, 0.1) is 12.7 Å². The Balaban J connectivity index is 1.98. The highest BCUT2D eigenvalue weighted by Crippen LogP contribution is 2.35. The molecule has 5 heteroatoms. The minimum Gasteiger partial charge on any atom is -0.318 e. The van der Waals surface area contributed by atoms with Gasteiger partial charge in [0.25, 0.3) is 11.7 Å². The van der Waals surface area contributed by atoms with Gasteiger partial charge in [-0.3, -0.25) is 9.59 Å². The largest absolute Gasteiger partial charge is 0.318 e. The third-order valence-corrected chi connectivity index (χ3v) is 4.01. The van der Waals surface area contributed by atoms with Crippen molar-refractivity contribution in [2.45, 2.75) is 16.7 Å². The molecule has 100 valence electrons. The lowest BCUT2D eigenvalue weighted by Gasteiger charge is -2.06. The SMILES string of the molecule is Cc1cccc(Sc2cc3c(cc2F)C(=O)C(=O)N3)c1. The second kappa shape index (κ2) is 4.76. The summed E-state index contributed by atoms with van der Waals surface area (Å²) in [6.45, 7) is 1.96. The van der Waals surface area contributed by atoms with Crippen molar-refractivity contribution in [1.29, 1.82) is 0 Å². The first-order valence-electron chi connectivity index (χ1n) is 5.98. The van der Waals surface area contributed by atoms with Crippen molar-refractivity contribution in [3.05, 3.63) is 53.3 Å². The molecule has 0 radical (unpaired) electrons. The number of hydrogen-bond acceptors (Lipinski definition) is 3. The van der Waals surface area contributed by atoms with Crippen molar-refractivity contribution in [3.63, 3.8) is 0 Å². The Morgan fingerprint density at radius 3 is 2.70 bits per heavy atom. The maximum Gasteiger partial charge on any atom is 0.296 e. The van der Waals surface area contributed by atoms with Crippen molar-refractivity contribution >= 4 is 29.1 Å². The Morgan fingerprint density at radius 1 is 1.15 bits per heavy atom. The highest BCUT2D eigenvalue weighted by Gasteiger charge is 2.29. The van der Waals surface area contributed by atoms with Crippen LogP contribution in [0.1, 0.15) is 15.9 Å². The van der Waals surface area contributed by atoms with Crippen LogP contribution in [-0.4, -0.2) is 11.7 Å². The van der Waals surface area contributed by atoms with Crippen molar-refractivity contribution < 1.29 is 14.0 Å².